The van der Waals surface area contributed by atoms with Crippen molar-refractivity contribution in [3.8, 4) is 0 Å². The number of nitrogens with one attached hydrogen (secondary N) is 1. The molecule has 4 nitrogen and oxygen atoms in total. The molecule has 1 aromatic rings. The van der Waals surface area contributed by atoms with Crippen LogP contribution in [0.1, 0.15) is 24.2 Å². The molecule has 1 aromatic carbocycles. The molecular formula is C14H17FN2O2. The first-order valence-corrected chi connectivity index (χ1v) is 6.35. The molecule has 0 spiro atoms. The van der Waals surface area contributed by atoms with Crippen molar-refractivity contribution in [1.82, 2.24) is 10.2 Å². The van der Waals surface area contributed by atoms with Crippen molar-refractivity contribution in [3.63, 3.8) is 0 Å². The maximum absolute atomic E-state index is 13.2. The zero-order chi connectivity index (χ0) is 14.0. The van der Waals surface area contributed by atoms with Crippen LogP contribution >= 0.6 is 0 Å². The standard InChI is InChI=1S/C14H17FN2O2/c1-9(2)12-13(18)16-6-7-17(12)14(19)10-4-3-5-11(15)8-10/h3-5,8-9,12H,6-7H2,1-2H3,(H,16,18). The smallest absolute Gasteiger partial charge is 0.254 e. The van der Waals surface area contributed by atoms with Gasteiger partial charge in [-0.3, -0.25) is 9.59 Å². The summed E-state index contributed by atoms with van der Waals surface area (Å²) in [5.74, 6) is -0.884. The van der Waals surface area contributed by atoms with Gasteiger partial charge in [0.05, 0.1) is 0 Å². The second-order valence-corrected chi connectivity index (χ2v) is 4.99. The summed E-state index contributed by atoms with van der Waals surface area (Å²) in [5.41, 5.74) is 0.278. The van der Waals surface area contributed by atoms with E-state index >= 15 is 0 Å². The van der Waals surface area contributed by atoms with Crippen molar-refractivity contribution >= 4 is 11.8 Å². The predicted molar refractivity (Wildman–Crippen MR) is 69.1 cm³/mol. The van der Waals surface area contributed by atoms with Crippen molar-refractivity contribution in [3.05, 3.63) is 35.6 Å². The predicted octanol–water partition coefficient (Wildman–Crippen LogP) is 1.42. The molecule has 0 bridgehead atoms. The van der Waals surface area contributed by atoms with Crippen molar-refractivity contribution in [2.24, 2.45) is 5.92 Å². The van der Waals surface area contributed by atoms with Crippen LogP contribution in [0.3, 0.4) is 0 Å². The maximum Gasteiger partial charge on any atom is 0.254 e. The third kappa shape index (κ3) is 2.75. The molecule has 0 saturated carbocycles. The molecule has 0 radical (unpaired) electrons. The van der Waals surface area contributed by atoms with Crippen LogP contribution in [0.4, 0.5) is 4.39 Å². The van der Waals surface area contributed by atoms with E-state index in [2.05, 4.69) is 5.32 Å². The van der Waals surface area contributed by atoms with E-state index in [4.69, 9.17) is 0 Å². The monoisotopic (exact) mass is 264 g/mol. The van der Waals surface area contributed by atoms with Gasteiger partial charge in [0.1, 0.15) is 11.9 Å². The fraction of sp³-hybridized carbons (Fsp3) is 0.429. The molecular weight excluding hydrogens is 247 g/mol. The molecule has 2 rings (SSSR count). The van der Waals surface area contributed by atoms with E-state index in [1.54, 1.807) is 6.07 Å². The summed E-state index contributed by atoms with van der Waals surface area (Å²) < 4.78 is 13.2. The fourth-order valence-corrected chi connectivity index (χ4v) is 2.36. The highest BCUT2D eigenvalue weighted by molar-refractivity contribution is 5.98. The Kier molecular flexibility index (Phi) is 3.83. The lowest BCUT2D eigenvalue weighted by atomic mass is 9.98. The zero-order valence-corrected chi connectivity index (χ0v) is 11.0. The molecule has 1 aliphatic heterocycles. The fourth-order valence-electron chi connectivity index (χ4n) is 2.36. The van der Waals surface area contributed by atoms with Crippen LogP contribution in [-0.2, 0) is 4.79 Å². The lowest BCUT2D eigenvalue weighted by molar-refractivity contribution is -0.129. The highest BCUT2D eigenvalue weighted by atomic mass is 19.1. The van der Waals surface area contributed by atoms with Gasteiger partial charge in [-0.2, -0.15) is 0 Å². The Bertz CT molecular complexity index is 502. The van der Waals surface area contributed by atoms with Gasteiger partial charge in [-0.05, 0) is 24.1 Å². The highest BCUT2D eigenvalue weighted by Crippen LogP contribution is 2.17. The van der Waals surface area contributed by atoms with Crippen LogP contribution < -0.4 is 5.32 Å². The van der Waals surface area contributed by atoms with Crippen LogP contribution in [0, 0.1) is 11.7 Å². The summed E-state index contributed by atoms with van der Waals surface area (Å²) in [6.07, 6.45) is 0. The van der Waals surface area contributed by atoms with Gasteiger partial charge in [-0.1, -0.05) is 19.9 Å². The summed E-state index contributed by atoms with van der Waals surface area (Å²) in [5, 5.41) is 2.75. The molecule has 5 heteroatoms. The Hall–Kier alpha value is -1.91. The highest BCUT2D eigenvalue weighted by Gasteiger charge is 2.35. The summed E-state index contributed by atoms with van der Waals surface area (Å²) in [6.45, 7) is 4.66. The Morgan fingerprint density at radius 1 is 1.47 bits per heavy atom. The molecule has 1 aliphatic rings. The van der Waals surface area contributed by atoms with Gasteiger partial charge in [-0.25, -0.2) is 4.39 Å². The van der Waals surface area contributed by atoms with E-state index in [9.17, 15) is 14.0 Å². The number of carbonyl (C=O) groups excluding carboxylic acids is 2. The van der Waals surface area contributed by atoms with Gasteiger partial charge in [0.25, 0.3) is 5.91 Å². The number of amides is 2. The number of piperazine rings is 1. The van der Waals surface area contributed by atoms with E-state index in [-0.39, 0.29) is 23.3 Å². The number of benzene rings is 1. The number of nitrogens with zero attached hydrogens (tertiary/aromatic N) is 1. The van der Waals surface area contributed by atoms with Crippen LogP contribution in [0.15, 0.2) is 24.3 Å². The first-order chi connectivity index (χ1) is 9.00. The van der Waals surface area contributed by atoms with Gasteiger partial charge < -0.3 is 10.2 Å². The topological polar surface area (TPSA) is 49.4 Å². The lowest BCUT2D eigenvalue weighted by Crippen LogP contribution is -2.59. The minimum absolute atomic E-state index is 0.0119. The number of rotatable bonds is 2. The molecule has 0 aromatic heterocycles. The second kappa shape index (κ2) is 5.38. The lowest BCUT2D eigenvalue weighted by Gasteiger charge is -2.37. The van der Waals surface area contributed by atoms with Gasteiger partial charge >= 0.3 is 0 Å². The normalized spacial score (nSPS) is 19.5. The molecule has 1 heterocycles. The molecule has 1 fully saturated rings. The van der Waals surface area contributed by atoms with E-state index in [1.165, 1.54) is 23.1 Å². The van der Waals surface area contributed by atoms with Crippen molar-refractivity contribution in [2.75, 3.05) is 13.1 Å². The summed E-state index contributed by atoms with van der Waals surface area (Å²) in [6, 6.07) is 5.06. The van der Waals surface area contributed by atoms with Crippen LogP contribution in [0.5, 0.6) is 0 Å². The van der Waals surface area contributed by atoms with Crippen molar-refractivity contribution in [1.29, 1.82) is 0 Å². The average molecular weight is 264 g/mol. The molecule has 1 atom stereocenters. The Balaban J connectivity index is 2.28. The molecule has 1 saturated heterocycles. The first-order valence-electron chi connectivity index (χ1n) is 6.35. The molecule has 102 valence electrons. The van der Waals surface area contributed by atoms with Gasteiger partial charge in [0, 0.05) is 18.7 Å². The summed E-state index contributed by atoms with van der Waals surface area (Å²) in [4.78, 5) is 25.8. The quantitative estimate of drug-likeness (QED) is 0.878. The number of halogens is 1. The average Bonchev–Trinajstić information content (AvgIpc) is 2.37. The van der Waals surface area contributed by atoms with Gasteiger partial charge in [0.2, 0.25) is 5.91 Å². The SMILES string of the molecule is CC(C)C1C(=O)NCCN1C(=O)c1cccc(F)c1. The van der Waals surface area contributed by atoms with E-state index in [0.29, 0.717) is 13.1 Å². The zero-order valence-electron chi connectivity index (χ0n) is 11.0. The number of carbonyl (C=O) groups is 2. The van der Waals surface area contributed by atoms with Crippen LogP contribution in [0.25, 0.3) is 0 Å². The van der Waals surface area contributed by atoms with Crippen LogP contribution in [0.2, 0.25) is 0 Å². The number of hydrogen-bond acceptors (Lipinski definition) is 2. The van der Waals surface area contributed by atoms with Gasteiger partial charge in [0.15, 0.2) is 0 Å². The Labute approximate surface area is 111 Å². The Morgan fingerprint density at radius 3 is 2.84 bits per heavy atom. The number of hydrogen-bond donors (Lipinski definition) is 1. The van der Waals surface area contributed by atoms with E-state index < -0.39 is 11.9 Å². The van der Waals surface area contributed by atoms with E-state index in [1.807, 2.05) is 13.8 Å². The van der Waals surface area contributed by atoms with E-state index in [0.717, 1.165) is 0 Å². The van der Waals surface area contributed by atoms with Crippen molar-refractivity contribution in [2.45, 2.75) is 19.9 Å². The summed E-state index contributed by atoms with van der Waals surface area (Å²) in [7, 11) is 0. The maximum atomic E-state index is 13.2. The molecule has 0 aliphatic carbocycles. The first kappa shape index (κ1) is 13.5. The molecule has 1 N–H and O–H groups in total. The van der Waals surface area contributed by atoms with Crippen LogP contribution in [-0.4, -0.2) is 35.8 Å². The molecule has 2 amide bonds. The second-order valence-electron chi connectivity index (χ2n) is 4.99. The largest absolute Gasteiger partial charge is 0.353 e. The third-order valence-electron chi connectivity index (χ3n) is 3.22. The molecule has 19 heavy (non-hydrogen) atoms. The minimum Gasteiger partial charge on any atom is -0.353 e. The van der Waals surface area contributed by atoms with Crippen molar-refractivity contribution < 1.29 is 14.0 Å². The summed E-state index contributed by atoms with van der Waals surface area (Å²) >= 11 is 0. The molecule has 1 unspecified atom stereocenters. The van der Waals surface area contributed by atoms with Gasteiger partial charge in [-0.15, -0.1) is 0 Å². The minimum atomic E-state index is -0.496. The third-order valence-corrected chi connectivity index (χ3v) is 3.22. The Morgan fingerprint density at radius 2 is 2.21 bits per heavy atom.